The Morgan fingerprint density at radius 3 is 2.75 bits per heavy atom. The average molecular weight is 266 g/mol. The van der Waals surface area contributed by atoms with Crippen molar-refractivity contribution in [2.45, 2.75) is 20.0 Å². The summed E-state index contributed by atoms with van der Waals surface area (Å²) in [6, 6.07) is 12.4. The summed E-state index contributed by atoms with van der Waals surface area (Å²) in [4.78, 5) is 0. The Morgan fingerprint density at radius 1 is 1.15 bits per heavy atom. The van der Waals surface area contributed by atoms with Crippen LogP contribution < -0.4 is 5.32 Å². The van der Waals surface area contributed by atoms with E-state index in [-0.39, 0.29) is 0 Å². The molecule has 0 aliphatic rings. The van der Waals surface area contributed by atoms with E-state index < -0.39 is 0 Å². The highest BCUT2D eigenvalue weighted by Gasteiger charge is 2.00. The lowest BCUT2D eigenvalue weighted by molar-refractivity contribution is 0.659. The Bertz CT molecular complexity index is 667. The molecule has 4 nitrogen and oxygen atoms in total. The van der Waals surface area contributed by atoms with Crippen LogP contribution in [0.4, 0.5) is 5.69 Å². The first-order valence-electron chi connectivity index (χ1n) is 6.84. The molecule has 3 rings (SSSR count). The molecule has 4 heteroatoms. The van der Waals surface area contributed by atoms with Gasteiger partial charge < -0.3 is 9.88 Å². The topological polar surface area (TPSA) is 34.8 Å². The summed E-state index contributed by atoms with van der Waals surface area (Å²) in [7, 11) is 0. The van der Waals surface area contributed by atoms with E-state index in [9.17, 15) is 0 Å². The van der Waals surface area contributed by atoms with Gasteiger partial charge in [-0.25, -0.2) is 0 Å². The Balaban J connectivity index is 1.70. The zero-order valence-corrected chi connectivity index (χ0v) is 11.5. The lowest BCUT2D eigenvalue weighted by atomic mass is 10.2. The van der Waals surface area contributed by atoms with Gasteiger partial charge in [-0.15, -0.1) is 0 Å². The summed E-state index contributed by atoms with van der Waals surface area (Å²) >= 11 is 0. The van der Waals surface area contributed by atoms with Crippen LogP contribution in [0, 0.1) is 0 Å². The van der Waals surface area contributed by atoms with E-state index in [1.807, 2.05) is 35.4 Å². The second-order valence-electron chi connectivity index (χ2n) is 4.70. The maximum Gasteiger partial charge on any atom is 0.0539 e. The van der Waals surface area contributed by atoms with Crippen LogP contribution in [0.5, 0.6) is 0 Å². The minimum Gasteiger partial charge on any atom is -0.381 e. The molecule has 0 saturated heterocycles. The number of nitrogens with zero attached hydrogens (tertiary/aromatic N) is 3. The number of rotatable bonds is 5. The summed E-state index contributed by atoms with van der Waals surface area (Å²) in [5.74, 6) is 0. The molecule has 102 valence electrons. The summed E-state index contributed by atoms with van der Waals surface area (Å²) in [5.41, 5.74) is 3.46. The minimum absolute atomic E-state index is 0.787. The molecule has 0 atom stereocenters. The summed E-state index contributed by atoms with van der Waals surface area (Å²) < 4.78 is 4.04. The van der Waals surface area contributed by atoms with Gasteiger partial charge in [0.05, 0.1) is 6.20 Å². The van der Waals surface area contributed by atoms with Crippen molar-refractivity contribution in [1.82, 2.24) is 14.3 Å². The van der Waals surface area contributed by atoms with Crippen molar-refractivity contribution < 1.29 is 0 Å². The van der Waals surface area contributed by atoms with E-state index in [0.29, 0.717) is 0 Å². The van der Waals surface area contributed by atoms with E-state index in [0.717, 1.165) is 24.5 Å². The Kier molecular flexibility index (Phi) is 3.54. The fourth-order valence-electron chi connectivity index (χ4n) is 2.16. The largest absolute Gasteiger partial charge is 0.381 e. The smallest absolute Gasteiger partial charge is 0.0539 e. The van der Waals surface area contributed by atoms with Crippen LogP contribution in [0.1, 0.15) is 12.5 Å². The summed E-state index contributed by atoms with van der Waals surface area (Å²) in [6.07, 6.45) is 8.07. The number of hydrogen-bond acceptors (Lipinski definition) is 2. The zero-order chi connectivity index (χ0) is 13.8. The quantitative estimate of drug-likeness (QED) is 0.769. The molecule has 0 spiro atoms. The second-order valence-corrected chi connectivity index (χ2v) is 4.70. The lowest BCUT2D eigenvalue weighted by Gasteiger charge is -2.08. The summed E-state index contributed by atoms with van der Waals surface area (Å²) in [5, 5.41) is 7.71. The van der Waals surface area contributed by atoms with Gasteiger partial charge in [-0.2, -0.15) is 5.10 Å². The standard InChI is InChI=1S/C16H18N4/c1-2-20-13-14(12-18-20)11-17-15-6-5-7-16(10-15)19-8-3-4-9-19/h3-10,12-13,17H,2,11H2,1H3. The third-order valence-electron chi connectivity index (χ3n) is 3.26. The molecule has 0 bridgehead atoms. The van der Waals surface area contributed by atoms with Crippen molar-refractivity contribution >= 4 is 5.69 Å². The molecule has 0 aliphatic carbocycles. The van der Waals surface area contributed by atoms with Crippen molar-refractivity contribution in [3.05, 3.63) is 66.7 Å². The molecular formula is C16H18N4. The Morgan fingerprint density at radius 2 is 2.00 bits per heavy atom. The lowest BCUT2D eigenvalue weighted by Crippen LogP contribution is -2.00. The van der Waals surface area contributed by atoms with Gasteiger partial charge >= 0.3 is 0 Å². The van der Waals surface area contributed by atoms with Gasteiger partial charge in [0, 0.05) is 48.6 Å². The van der Waals surface area contributed by atoms with Gasteiger partial charge in [0.1, 0.15) is 0 Å². The molecule has 3 aromatic rings. The molecule has 1 N–H and O–H groups in total. The normalized spacial score (nSPS) is 10.7. The maximum atomic E-state index is 4.28. The number of hydrogen-bond donors (Lipinski definition) is 1. The highest BCUT2D eigenvalue weighted by Crippen LogP contribution is 2.15. The minimum atomic E-state index is 0.787. The average Bonchev–Trinajstić information content (AvgIpc) is 3.17. The van der Waals surface area contributed by atoms with Crippen LogP contribution in [0.2, 0.25) is 0 Å². The Labute approximate surface area is 118 Å². The third-order valence-corrected chi connectivity index (χ3v) is 3.26. The molecule has 0 fully saturated rings. The molecule has 2 aromatic heterocycles. The van der Waals surface area contributed by atoms with Gasteiger partial charge in [-0.3, -0.25) is 4.68 Å². The predicted octanol–water partition coefficient (Wildman–Crippen LogP) is 3.31. The predicted molar refractivity (Wildman–Crippen MR) is 81.0 cm³/mol. The van der Waals surface area contributed by atoms with Crippen molar-refractivity contribution in [2.24, 2.45) is 0 Å². The molecule has 0 radical (unpaired) electrons. The van der Waals surface area contributed by atoms with Crippen LogP contribution in [0.15, 0.2) is 61.2 Å². The summed E-state index contributed by atoms with van der Waals surface area (Å²) in [6.45, 7) is 3.78. The van der Waals surface area contributed by atoms with Gasteiger partial charge in [-0.05, 0) is 37.3 Å². The zero-order valence-electron chi connectivity index (χ0n) is 11.5. The highest BCUT2D eigenvalue weighted by molar-refractivity contribution is 5.51. The van der Waals surface area contributed by atoms with Crippen molar-refractivity contribution in [3.8, 4) is 5.69 Å². The monoisotopic (exact) mass is 266 g/mol. The fourth-order valence-corrected chi connectivity index (χ4v) is 2.16. The molecular weight excluding hydrogens is 248 g/mol. The van der Waals surface area contributed by atoms with Crippen LogP contribution in [-0.4, -0.2) is 14.3 Å². The SMILES string of the molecule is CCn1cc(CNc2cccc(-n3cccc3)c2)cn1. The van der Waals surface area contributed by atoms with Gasteiger partial charge in [0.15, 0.2) is 0 Å². The van der Waals surface area contributed by atoms with Crippen molar-refractivity contribution in [1.29, 1.82) is 0 Å². The molecule has 0 saturated carbocycles. The first-order valence-corrected chi connectivity index (χ1v) is 6.84. The van der Waals surface area contributed by atoms with E-state index in [4.69, 9.17) is 0 Å². The van der Waals surface area contributed by atoms with Crippen LogP contribution in [0.25, 0.3) is 5.69 Å². The number of benzene rings is 1. The molecule has 0 amide bonds. The number of anilines is 1. The maximum absolute atomic E-state index is 4.28. The Hall–Kier alpha value is -2.49. The van der Waals surface area contributed by atoms with E-state index in [1.165, 1.54) is 5.56 Å². The van der Waals surface area contributed by atoms with E-state index in [1.54, 1.807) is 0 Å². The fraction of sp³-hybridized carbons (Fsp3) is 0.188. The van der Waals surface area contributed by atoms with Gasteiger partial charge in [0.2, 0.25) is 0 Å². The van der Waals surface area contributed by atoms with Crippen LogP contribution in [-0.2, 0) is 13.1 Å². The van der Waals surface area contributed by atoms with E-state index >= 15 is 0 Å². The third kappa shape index (κ3) is 2.74. The van der Waals surface area contributed by atoms with Crippen LogP contribution >= 0.6 is 0 Å². The number of aromatic nitrogens is 3. The van der Waals surface area contributed by atoms with Gasteiger partial charge in [-0.1, -0.05) is 6.07 Å². The molecule has 2 heterocycles. The van der Waals surface area contributed by atoms with Crippen molar-refractivity contribution in [3.63, 3.8) is 0 Å². The highest BCUT2D eigenvalue weighted by atomic mass is 15.3. The molecule has 20 heavy (non-hydrogen) atoms. The van der Waals surface area contributed by atoms with Crippen LogP contribution in [0.3, 0.4) is 0 Å². The second kappa shape index (κ2) is 5.65. The first kappa shape index (κ1) is 12.5. The first-order chi connectivity index (χ1) is 9.85. The van der Waals surface area contributed by atoms with Gasteiger partial charge in [0.25, 0.3) is 0 Å². The number of nitrogens with one attached hydrogen (secondary N) is 1. The molecule has 0 unspecified atom stereocenters. The van der Waals surface area contributed by atoms with Crippen molar-refractivity contribution in [2.75, 3.05) is 5.32 Å². The molecule has 0 aliphatic heterocycles. The molecule has 1 aromatic carbocycles. The number of aryl methyl sites for hydroxylation is 1. The van der Waals surface area contributed by atoms with E-state index in [2.05, 4.69) is 52.4 Å².